The highest BCUT2D eigenvalue weighted by molar-refractivity contribution is 6.01. The highest BCUT2D eigenvalue weighted by atomic mass is 16.5. The molecule has 3 aromatic heterocycles. The number of pyridine rings is 1. The second kappa shape index (κ2) is 7.66. The zero-order valence-corrected chi connectivity index (χ0v) is 15.5. The second-order valence-corrected chi connectivity index (χ2v) is 7.26. The van der Waals surface area contributed by atoms with Gasteiger partial charge < -0.3 is 15.0 Å². The molecular formula is C19H25N5O3. The van der Waals surface area contributed by atoms with Gasteiger partial charge in [-0.25, -0.2) is 9.78 Å². The minimum atomic E-state index is -0.377. The molecule has 144 valence electrons. The van der Waals surface area contributed by atoms with Crippen molar-refractivity contribution in [2.45, 2.75) is 31.7 Å². The highest BCUT2D eigenvalue weighted by Gasteiger charge is 2.25. The van der Waals surface area contributed by atoms with E-state index in [0.717, 1.165) is 50.8 Å². The van der Waals surface area contributed by atoms with E-state index in [4.69, 9.17) is 4.74 Å². The monoisotopic (exact) mass is 371 g/mol. The van der Waals surface area contributed by atoms with Crippen LogP contribution in [0.1, 0.15) is 31.7 Å². The van der Waals surface area contributed by atoms with Gasteiger partial charge >= 0.3 is 5.69 Å². The lowest BCUT2D eigenvalue weighted by molar-refractivity contribution is 0.194. The van der Waals surface area contributed by atoms with Crippen LogP contribution in [-0.2, 0) is 4.74 Å². The molecule has 8 nitrogen and oxygen atoms in total. The highest BCUT2D eigenvalue weighted by Crippen LogP contribution is 2.33. The van der Waals surface area contributed by atoms with Crippen LogP contribution in [0.4, 0.5) is 0 Å². The molecule has 27 heavy (non-hydrogen) atoms. The summed E-state index contributed by atoms with van der Waals surface area (Å²) in [6.45, 7) is 2.55. The van der Waals surface area contributed by atoms with Crippen LogP contribution in [0.3, 0.4) is 0 Å². The van der Waals surface area contributed by atoms with Crippen LogP contribution in [-0.4, -0.2) is 46.3 Å². The summed E-state index contributed by atoms with van der Waals surface area (Å²) in [6.07, 6.45) is 7.29. The van der Waals surface area contributed by atoms with Crippen LogP contribution in [0, 0.1) is 5.92 Å². The number of nitrogens with zero attached hydrogens (tertiary/aromatic N) is 2. The van der Waals surface area contributed by atoms with Crippen LogP contribution in [0.15, 0.2) is 28.0 Å². The Balaban J connectivity index is 1.62. The molecule has 0 bridgehead atoms. The summed E-state index contributed by atoms with van der Waals surface area (Å²) in [5, 5.41) is 4.71. The number of hydrogen-bond acceptors (Lipinski definition) is 5. The predicted molar refractivity (Wildman–Crippen MR) is 104 cm³/mol. The lowest BCUT2D eigenvalue weighted by Crippen LogP contribution is -2.36. The predicted octanol–water partition coefficient (Wildman–Crippen LogP) is 1.53. The molecule has 4 rings (SSSR count). The van der Waals surface area contributed by atoms with E-state index in [-0.39, 0.29) is 17.3 Å². The van der Waals surface area contributed by atoms with E-state index < -0.39 is 0 Å². The second-order valence-electron chi connectivity index (χ2n) is 7.26. The maximum Gasteiger partial charge on any atom is 0.329 e. The van der Waals surface area contributed by atoms with Crippen LogP contribution >= 0.6 is 0 Å². The molecular weight excluding hydrogens is 346 g/mol. The summed E-state index contributed by atoms with van der Waals surface area (Å²) in [5.41, 5.74) is 0.676. The van der Waals surface area contributed by atoms with Gasteiger partial charge in [0, 0.05) is 37.5 Å². The largest absolute Gasteiger partial charge is 0.383 e. The number of ether oxygens (including phenoxy) is 1. The van der Waals surface area contributed by atoms with Gasteiger partial charge in [0.15, 0.2) is 0 Å². The Morgan fingerprint density at radius 3 is 2.85 bits per heavy atom. The number of hydrogen-bond donors (Lipinski definition) is 3. The van der Waals surface area contributed by atoms with Crippen molar-refractivity contribution in [3.05, 3.63) is 39.3 Å². The van der Waals surface area contributed by atoms with Gasteiger partial charge in [0.2, 0.25) is 0 Å². The fraction of sp³-hybridized carbons (Fsp3) is 0.526. The molecule has 0 saturated heterocycles. The van der Waals surface area contributed by atoms with Gasteiger partial charge in [-0.1, -0.05) is 0 Å². The standard InChI is InChI=1S/C19H25N5O3/c1-27-9-8-20-10-12-2-4-13(5-3-12)24-16-14-6-7-21-17(14)22-11-15(16)18(25)23-19(24)26/h6-7,11-13,20H,2-5,8-10H2,1H3,(H,21,22)(H,23,25,26). The first kappa shape index (κ1) is 17.9. The molecule has 1 saturated carbocycles. The lowest BCUT2D eigenvalue weighted by atomic mass is 9.85. The first-order valence-corrected chi connectivity index (χ1v) is 9.49. The van der Waals surface area contributed by atoms with Gasteiger partial charge in [-0.05, 0) is 44.2 Å². The Labute approximate surface area is 156 Å². The normalized spacial score (nSPS) is 20.5. The Morgan fingerprint density at radius 1 is 1.26 bits per heavy atom. The molecule has 0 spiro atoms. The molecule has 0 amide bonds. The fourth-order valence-corrected chi connectivity index (χ4v) is 4.18. The SMILES string of the molecule is COCCNCC1CCC(n2c(=O)[nH]c(=O)c3cnc4[nH]ccc4c32)CC1. The first-order chi connectivity index (χ1) is 13.2. The molecule has 0 aromatic carbocycles. The van der Waals surface area contributed by atoms with E-state index in [0.29, 0.717) is 22.5 Å². The van der Waals surface area contributed by atoms with Gasteiger partial charge in [0.05, 0.1) is 17.5 Å². The molecule has 1 aliphatic carbocycles. The Bertz CT molecular complexity index is 1040. The van der Waals surface area contributed by atoms with Gasteiger partial charge in [0.25, 0.3) is 5.56 Å². The topological polar surface area (TPSA) is 105 Å². The maximum atomic E-state index is 12.7. The van der Waals surface area contributed by atoms with Gasteiger partial charge in [-0.3, -0.25) is 14.3 Å². The average Bonchev–Trinajstić information content (AvgIpc) is 3.15. The molecule has 8 heteroatoms. The number of aromatic nitrogens is 4. The van der Waals surface area contributed by atoms with Crippen molar-refractivity contribution in [2.75, 3.05) is 26.8 Å². The van der Waals surface area contributed by atoms with E-state index in [1.54, 1.807) is 24.1 Å². The van der Waals surface area contributed by atoms with E-state index >= 15 is 0 Å². The fourth-order valence-electron chi connectivity index (χ4n) is 4.18. The first-order valence-electron chi connectivity index (χ1n) is 9.49. The molecule has 0 atom stereocenters. The minimum absolute atomic E-state index is 0.0903. The number of nitrogens with one attached hydrogen (secondary N) is 3. The summed E-state index contributed by atoms with van der Waals surface area (Å²) < 4.78 is 6.84. The van der Waals surface area contributed by atoms with Crippen LogP contribution in [0.2, 0.25) is 0 Å². The van der Waals surface area contributed by atoms with Crippen molar-refractivity contribution >= 4 is 21.9 Å². The molecule has 3 heterocycles. The number of aromatic amines is 2. The molecule has 0 unspecified atom stereocenters. The van der Waals surface area contributed by atoms with Crippen molar-refractivity contribution < 1.29 is 4.74 Å². The molecule has 0 radical (unpaired) electrons. The summed E-state index contributed by atoms with van der Waals surface area (Å²) >= 11 is 0. The van der Waals surface area contributed by atoms with Crippen LogP contribution in [0.25, 0.3) is 21.9 Å². The number of rotatable bonds is 6. The van der Waals surface area contributed by atoms with Crippen molar-refractivity contribution in [2.24, 2.45) is 5.92 Å². The maximum absolute atomic E-state index is 12.7. The summed E-state index contributed by atoms with van der Waals surface area (Å²) in [4.78, 5) is 34.8. The molecule has 0 aliphatic heterocycles. The van der Waals surface area contributed by atoms with E-state index in [1.165, 1.54) is 0 Å². The van der Waals surface area contributed by atoms with Gasteiger partial charge in [-0.2, -0.15) is 0 Å². The van der Waals surface area contributed by atoms with Gasteiger partial charge in [0.1, 0.15) is 5.65 Å². The summed E-state index contributed by atoms with van der Waals surface area (Å²) in [5.74, 6) is 0.608. The average molecular weight is 371 g/mol. The third kappa shape index (κ3) is 3.42. The van der Waals surface area contributed by atoms with Gasteiger partial charge in [-0.15, -0.1) is 0 Å². The third-order valence-corrected chi connectivity index (χ3v) is 5.58. The molecule has 1 aliphatic rings. The lowest BCUT2D eigenvalue weighted by Gasteiger charge is -2.30. The number of methoxy groups -OCH3 is 1. The molecule has 3 aromatic rings. The Hall–Kier alpha value is -2.45. The third-order valence-electron chi connectivity index (χ3n) is 5.58. The zero-order chi connectivity index (χ0) is 18.8. The van der Waals surface area contributed by atoms with Crippen molar-refractivity contribution in [3.63, 3.8) is 0 Å². The number of H-pyrrole nitrogens is 2. The van der Waals surface area contributed by atoms with Crippen molar-refractivity contribution in [1.29, 1.82) is 0 Å². The Kier molecular flexibility index (Phi) is 5.09. The van der Waals surface area contributed by atoms with Crippen molar-refractivity contribution in [1.82, 2.24) is 24.8 Å². The van der Waals surface area contributed by atoms with E-state index in [2.05, 4.69) is 20.3 Å². The van der Waals surface area contributed by atoms with E-state index in [9.17, 15) is 9.59 Å². The molecule has 1 fully saturated rings. The summed E-state index contributed by atoms with van der Waals surface area (Å²) in [6, 6.07) is 1.97. The van der Waals surface area contributed by atoms with Crippen molar-refractivity contribution in [3.8, 4) is 0 Å². The number of fused-ring (bicyclic) bond motifs is 3. The molecule has 3 N–H and O–H groups in total. The smallest absolute Gasteiger partial charge is 0.329 e. The van der Waals surface area contributed by atoms with Crippen LogP contribution in [0.5, 0.6) is 0 Å². The quantitative estimate of drug-likeness (QED) is 0.570. The summed E-state index contributed by atoms with van der Waals surface area (Å²) in [7, 11) is 1.70. The van der Waals surface area contributed by atoms with E-state index in [1.807, 2.05) is 6.07 Å². The Morgan fingerprint density at radius 2 is 2.07 bits per heavy atom. The van der Waals surface area contributed by atoms with Crippen LogP contribution < -0.4 is 16.6 Å². The minimum Gasteiger partial charge on any atom is -0.383 e. The zero-order valence-electron chi connectivity index (χ0n) is 15.5.